The van der Waals surface area contributed by atoms with Crippen molar-refractivity contribution in [2.24, 2.45) is 0 Å². The van der Waals surface area contributed by atoms with Gasteiger partial charge in [0.1, 0.15) is 12.4 Å². The third-order valence-electron chi connectivity index (χ3n) is 3.28. The Hall–Kier alpha value is -1.33. The van der Waals surface area contributed by atoms with Crippen LogP contribution in [0.2, 0.25) is 5.02 Å². The number of aryl methyl sites for hydroxylation is 1. The molecule has 0 spiro atoms. The second kappa shape index (κ2) is 6.20. The zero-order valence-corrected chi connectivity index (χ0v) is 14.4. The minimum absolute atomic E-state index is 0.542. The van der Waals surface area contributed by atoms with Crippen LogP contribution in [-0.4, -0.2) is 4.98 Å². The summed E-state index contributed by atoms with van der Waals surface area (Å²) in [5, 5.41) is 1.67. The van der Waals surface area contributed by atoms with Crippen molar-refractivity contribution >= 4 is 45.1 Å². The van der Waals surface area contributed by atoms with Crippen LogP contribution in [0.4, 0.5) is 0 Å². The maximum atomic E-state index is 6.38. The quantitative estimate of drug-likeness (QED) is 0.542. The molecule has 0 atom stereocenters. The second-order valence-corrected chi connectivity index (χ2v) is 6.37. The molecule has 2 aromatic carbocycles. The van der Waals surface area contributed by atoms with Gasteiger partial charge in [0.15, 0.2) is 0 Å². The van der Waals surface area contributed by atoms with Crippen LogP contribution in [0, 0.1) is 10.5 Å². The molecule has 0 aliphatic heterocycles. The summed E-state index contributed by atoms with van der Waals surface area (Å²) >= 11 is 8.58. The molecule has 0 saturated heterocycles. The van der Waals surface area contributed by atoms with E-state index in [2.05, 4.69) is 27.6 Å². The van der Waals surface area contributed by atoms with Crippen LogP contribution in [-0.2, 0) is 6.61 Å². The van der Waals surface area contributed by atoms with Crippen LogP contribution in [0.25, 0.3) is 10.9 Å². The van der Waals surface area contributed by atoms with Gasteiger partial charge in [0.05, 0.1) is 14.1 Å². The zero-order chi connectivity index (χ0) is 14.8. The topological polar surface area (TPSA) is 22.1 Å². The summed E-state index contributed by atoms with van der Waals surface area (Å²) in [5.74, 6) is 0.814. The second-order valence-electron chi connectivity index (χ2n) is 4.83. The SMILES string of the molecule is Cc1cc(OCc2ccccc2)cc2c(Cl)c(I)cnc12. The molecule has 21 heavy (non-hydrogen) atoms. The number of nitrogens with zero attached hydrogens (tertiary/aromatic N) is 1. The van der Waals surface area contributed by atoms with Crippen LogP contribution in [0.3, 0.4) is 0 Å². The summed E-state index contributed by atoms with van der Waals surface area (Å²) in [6, 6.07) is 14.1. The predicted molar refractivity (Wildman–Crippen MR) is 95.0 cm³/mol. The van der Waals surface area contributed by atoms with E-state index in [1.54, 1.807) is 6.20 Å². The number of pyridine rings is 1. The molecular weight excluding hydrogens is 397 g/mol. The molecule has 0 aliphatic carbocycles. The summed E-state index contributed by atoms with van der Waals surface area (Å²) in [6.45, 7) is 2.56. The third kappa shape index (κ3) is 3.14. The van der Waals surface area contributed by atoms with Crippen molar-refractivity contribution < 1.29 is 4.74 Å². The van der Waals surface area contributed by atoms with E-state index in [0.29, 0.717) is 6.61 Å². The molecule has 0 aliphatic rings. The lowest BCUT2D eigenvalue weighted by atomic mass is 10.1. The molecule has 3 aromatic rings. The Morgan fingerprint density at radius 3 is 2.71 bits per heavy atom. The lowest BCUT2D eigenvalue weighted by molar-refractivity contribution is 0.306. The van der Waals surface area contributed by atoms with Gasteiger partial charge in [-0.1, -0.05) is 41.9 Å². The number of ether oxygens (including phenoxy) is 1. The molecule has 0 amide bonds. The first-order valence-corrected chi connectivity index (χ1v) is 8.02. The Bertz CT molecular complexity index is 790. The van der Waals surface area contributed by atoms with Gasteiger partial charge in [-0.15, -0.1) is 0 Å². The van der Waals surface area contributed by atoms with E-state index >= 15 is 0 Å². The van der Waals surface area contributed by atoms with Gasteiger partial charge in [-0.05, 0) is 52.8 Å². The van der Waals surface area contributed by atoms with E-state index in [1.165, 1.54) is 0 Å². The van der Waals surface area contributed by atoms with Gasteiger partial charge in [-0.2, -0.15) is 0 Å². The highest BCUT2D eigenvalue weighted by molar-refractivity contribution is 14.1. The minimum Gasteiger partial charge on any atom is -0.489 e. The maximum Gasteiger partial charge on any atom is 0.120 e. The lowest BCUT2D eigenvalue weighted by Crippen LogP contribution is -1.96. The number of rotatable bonds is 3. The van der Waals surface area contributed by atoms with Gasteiger partial charge in [-0.3, -0.25) is 4.98 Å². The molecule has 0 N–H and O–H groups in total. The van der Waals surface area contributed by atoms with Crippen LogP contribution in [0.15, 0.2) is 48.7 Å². The standard InChI is InChI=1S/C17H13ClINO/c1-11-7-13(21-10-12-5-3-2-4-6-12)8-14-16(18)15(19)9-20-17(11)14/h2-9H,10H2,1H3. The van der Waals surface area contributed by atoms with Crippen molar-refractivity contribution in [3.63, 3.8) is 0 Å². The Morgan fingerprint density at radius 2 is 1.95 bits per heavy atom. The number of halogens is 2. The van der Waals surface area contributed by atoms with Crippen molar-refractivity contribution in [1.82, 2.24) is 4.98 Å². The highest BCUT2D eigenvalue weighted by Crippen LogP contribution is 2.32. The predicted octanol–water partition coefficient (Wildman–Crippen LogP) is 5.38. The van der Waals surface area contributed by atoms with Gasteiger partial charge < -0.3 is 4.74 Å². The molecule has 4 heteroatoms. The van der Waals surface area contributed by atoms with Crippen molar-refractivity contribution in [2.75, 3.05) is 0 Å². The number of benzene rings is 2. The molecular formula is C17H13ClINO. The molecule has 0 saturated carbocycles. The Balaban J connectivity index is 1.94. The normalized spacial score (nSPS) is 10.8. The van der Waals surface area contributed by atoms with E-state index in [-0.39, 0.29) is 0 Å². The Kier molecular flexibility index (Phi) is 4.31. The van der Waals surface area contributed by atoms with Crippen molar-refractivity contribution in [2.45, 2.75) is 13.5 Å². The smallest absolute Gasteiger partial charge is 0.120 e. The molecule has 1 aromatic heterocycles. The summed E-state index contributed by atoms with van der Waals surface area (Å²) in [6.07, 6.45) is 1.79. The summed E-state index contributed by atoms with van der Waals surface area (Å²) in [7, 11) is 0. The fourth-order valence-electron chi connectivity index (χ4n) is 2.22. The molecule has 106 valence electrons. The van der Waals surface area contributed by atoms with E-state index in [1.807, 2.05) is 49.4 Å². The van der Waals surface area contributed by atoms with E-state index in [9.17, 15) is 0 Å². The highest BCUT2D eigenvalue weighted by atomic mass is 127. The van der Waals surface area contributed by atoms with Crippen LogP contribution in [0.5, 0.6) is 5.75 Å². The van der Waals surface area contributed by atoms with Crippen molar-refractivity contribution in [1.29, 1.82) is 0 Å². The van der Waals surface area contributed by atoms with Gasteiger partial charge in [-0.25, -0.2) is 0 Å². The number of aromatic nitrogens is 1. The number of hydrogen-bond acceptors (Lipinski definition) is 2. The Morgan fingerprint density at radius 1 is 1.19 bits per heavy atom. The summed E-state index contributed by atoms with van der Waals surface area (Å²) < 4.78 is 6.83. The monoisotopic (exact) mass is 409 g/mol. The van der Waals surface area contributed by atoms with Crippen LogP contribution < -0.4 is 4.74 Å². The van der Waals surface area contributed by atoms with E-state index in [4.69, 9.17) is 16.3 Å². The molecule has 3 rings (SSSR count). The average Bonchev–Trinajstić information content (AvgIpc) is 2.50. The number of fused-ring (bicyclic) bond motifs is 1. The summed E-state index contributed by atoms with van der Waals surface area (Å²) in [5.41, 5.74) is 3.13. The first kappa shape index (κ1) is 14.6. The van der Waals surface area contributed by atoms with Gasteiger partial charge in [0.2, 0.25) is 0 Å². The maximum absolute atomic E-state index is 6.38. The highest BCUT2D eigenvalue weighted by Gasteiger charge is 2.09. The van der Waals surface area contributed by atoms with E-state index < -0.39 is 0 Å². The fourth-order valence-corrected chi connectivity index (χ4v) is 2.84. The molecule has 0 fully saturated rings. The lowest BCUT2D eigenvalue weighted by Gasteiger charge is -2.10. The van der Waals surface area contributed by atoms with Crippen LogP contribution in [0.1, 0.15) is 11.1 Å². The van der Waals surface area contributed by atoms with Gasteiger partial charge >= 0.3 is 0 Å². The Labute approximate surface area is 142 Å². The fraction of sp³-hybridized carbons (Fsp3) is 0.118. The third-order valence-corrected chi connectivity index (χ3v) is 4.82. The first-order chi connectivity index (χ1) is 10.1. The first-order valence-electron chi connectivity index (χ1n) is 6.56. The van der Waals surface area contributed by atoms with Crippen molar-refractivity contribution in [3.05, 3.63) is 68.4 Å². The minimum atomic E-state index is 0.542. The number of hydrogen-bond donors (Lipinski definition) is 0. The van der Waals surface area contributed by atoms with Gasteiger partial charge in [0, 0.05) is 11.6 Å². The molecule has 1 heterocycles. The average molecular weight is 410 g/mol. The van der Waals surface area contributed by atoms with Crippen LogP contribution >= 0.6 is 34.2 Å². The van der Waals surface area contributed by atoms with Gasteiger partial charge in [0.25, 0.3) is 0 Å². The largest absolute Gasteiger partial charge is 0.489 e. The molecule has 0 unspecified atom stereocenters. The molecule has 0 radical (unpaired) electrons. The van der Waals surface area contributed by atoms with Crippen molar-refractivity contribution in [3.8, 4) is 5.75 Å². The van der Waals surface area contributed by atoms with E-state index in [0.717, 1.165) is 36.4 Å². The molecule has 0 bridgehead atoms. The molecule has 2 nitrogen and oxygen atoms in total. The zero-order valence-electron chi connectivity index (χ0n) is 11.4. The summed E-state index contributed by atoms with van der Waals surface area (Å²) in [4.78, 5) is 4.45.